The van der Waals surface area contributed by atoms with E-state index in [1.165, 1.54) is 13.5 Å². The zero-order valence-corrected chi connectivity index (χ0v) is 20.9. The van der Waals surface area contributed by atoms with Crippen LogP contribution in [0, 0.1) is 0 Å². The van der Waals surface area contributed by atoms with Crippen molar-refractivity contribution in [3.05, 3.63) is 95.6 Å². The molecule has 0 spiro atoms. The molecule has 5 nitrogen and oxygen atoms in total. The second kappa shape index (κ2) is 15.6. The molecule has 0 bridgehead atoms. The minimum atomic E-state index is -0.322. The van der Waals surface area contributed by atoms with E-state index in [1.807, 2.05) is 72.8 Å². The molecule has 1 N–H and O–H groups in total. The van der Waals surface area contributed by atoms with Crippen molar-refractivity contribution < 1.29 is 19.1 Å². The van der Waals surface area contributed by atoms with Gasteiger partial charge < -0.3 is 14.8 Å². The Morgan fingerprint density at radius 1 is 0.853 bits per heavy atom. The molecule has 6 heteroatoms. The summed E-state index contributed by atoms with van der Waals surface area (Å²) in [7, 11) is 1.39. The van der Waals surface area contributed by atoms with Gasteiger partial charge >= 0.3 is 5.97 Å². The highest BCUT2D eigenvalue weighted by molar-refractivity contribution is 7.99. The maximum atomic E-state index is 12.0. The quantitative estimate of drug-likeness (QED) is 0.289. The highest BCUT2D eigenvalue weighted by Gasteiger charge is 2.11. The number of aryl methyl sites for hydroxylation is 1. The van der Waals surface area contributed by atoms with E-state index in [2.05, 4.69) is 19.2 Å². The first-order valence-electron chi connectivity index (χ1n) is 11.4. The Morgan fingerprint density at radius 2 is 1.50 bits per heavy atom. The van der Waals surface area contributed by atoms with E-state index in [4.69, 9.17) is 9.47 Å². The van der Waals surface area contributed by atoms with Crippen molar-refractivity contribution in [1.29, 1.82) is 0 Å². The van der Waals surface area contributed by atoms with Crippen molar-refractivity contribution in [3.63, 3.8) is 0 Å². The van der Waals surface area contributed by atoms with Gasteiger partial charge in [0.25, 0.3) is 5.91 Å². The molecular formula is C28H33NO4S. The minimum absolute atomic E-state index is 0.0215. The van der Waals surface area contributed by atoms with Crippen molar-refractivity contribution in [2.24, 2.45) is 0 Å². The standard InChI is InChI=1S/C25H25NO4S.C3H8/c1-29-25(28)22-9-5-6-10-23(22)31-16-15-19-11-13-21(14-12-19)30-18-24(27)26-17-20-7-3-2-4-8-20;1-3-2/h2-14H,15-18H2,1H3,(H,26,27);3H2,1-2H3. The Morgan fingerprint density at radius 3 is 2.18 bits per heavy atom. The Kier molecular flexibility index (Phi) is 12.4. The van der Waals surface area contributed by atoms with Gasteiger partial charge in [-0.3, -0.25) is 4.79 Å². The van der Waals surface area contributed by atoms with Gasteiger partial charge in [-0.15, -0.1) is 11.8 Å². The van der Waals surface area contributed by atoms with Crippen molar-refractivity contribution in [3.8, 4) is 5.75 Å². The molecule has 0 saturated carbocycles. The minimum Gasteiger partial charge on any atom is -0.484 e. The lowest BCUT2D eigenvalue weighted by atomic mass is 10.2. The molecule has 0 unspecified atom stereocenters. The van der Waals surface area contributed by atoms with Gasteiger partial charge in [0, 0.05) is 17.2 Å². The summed E-state index contributed by atoms with van der Waals surface area (Å²) >= 11 is 1.62. The Labute approximate surface area is 206 Å². The number of amides is 1. The first-order chi connectivity index (χ1) is 16.6. The number of thioether (sulfide) groups is 1. The molecule has 0 fully saturated rings. The normalized spacial score (nSPS) is 9.97. The highest BCUT2D eigenvalue weighted by atomic mass is 32.2. The number of benzene rings is 3. The molecule has 180 valence electrons. The van der Waals surface area contributed by atoms with Crippen LogP contribution in [-0.2, 0) is 22.5 Å². The number of hydrogen-bond acceptors (Lipinski definition) is 5. The third-order valence-corrected chi connectivity index (χ3v) is 5.64. The molecule has 3 aromatic rings. The fourth-order valence-electron chi connectivity index (χ4n) is 2.90. The fourth-order valence-corrected chi connectivity index (χ4v) is 3.94. The number of hydrogen-bond donors (Lipinski definition) is 1. The summed E-state index contributed by atoms with van der Waals surface area (Å²) in [5, 5.41) is 2.84. The molecule has 0 saturated heterocycles. The molecule has 0 aliphatic heterocycles. The molecule has 0 heterocycles. The zero-order chi connectivity index (χ0) is 24.6. The smallest absolute Gasteiger partial charge is 0.338 e. The van der Waals surface area contributed by atoms with Crippen molar-refractivity contribution in [2.75, 3.05) is 19.5 Å². The molecule has 0 aliphatic carbocycles. The summed E-state index contributed by atoms with van der Waals surface area (Å²) < 4.78 is 10.4. The SMILES string of the molecule is CCC.COC(=O)c1ccccc1SCCc1ccc(OCC(=O)NCc2ccccc2)cc1. The van der Waals surface area contributed by atoms with Crippen LogP contribution in [0.25, 0.3) is 0 Å². The molecule has 34 heavy (non-hydrogen) atoms. The van der Waals surface area contributed by atoms with Gasteiger partial charge in [-0.2, -0.15) is 0 Å². The topological polar surface area (TPSA) is 64.6 Å². The van der Waals surface area contributed by atoms with Crippen LogP contribution < -0.4 is 10.1 Å². The second-order valence-corrected chi connectivity index (χ2v) is 8.63. The molecule has 1 amide bonds. The van der Waals surface area contributed by atoms with Gasteiger partial charge in [0.15, 0.2) is 6.61 Å². The second-order valence-electron chi connectivity index (χ2n) is 7.49. The fraction of sp³-hybridized carbons (Fsp3) is 0.286. The number of ether oxygens (including phenoxy) is 2. The lowest BCUT2D eigenvalue weighted by Crippen LogP contribution is -2.28. The lowest BCUT2D eigenvalue weighted by Gasteiger charge is -2.09. The monoisotopic (exact) mass is 479 g/mol. The molecule has 0 aromatic heterocycles. The number of carbonyl (C=O) groups is 2. The van der Waals surface area contributed by atoms with Crippen LogP contribution >= 0.6 is 11.8 Å². The van der Waals surface area contributed by atoms with Crippen molar-refractivity contribution in [1.82, 2.24) is 5.32 Å². The van der Waals surface area contributed by atoms with Gasteiger partial charge in [0.1, 0.15) is 5.75 Å². The van der Waals surface area contributed by atoms with E-state index in [-0.39, 0.29) is 18.5 Å². The van der Waals surface area contributed by atoms with Crippen molar-refractivity contribution >= 4 is 23.6 Å². The van der Waals surface area contributed by atoms with Crippen LogP contribution in [0.4, 0.5) is 0 Å². The maximum absolute atomic E-state index is 12.0. The van der Waals surface area contributed by atoms with Crippen LogP contribution in [0.1, 0.15) is 41.8 Å². The third-order valence-electron chi connectivity index (χ3n) is 4.57. The van der Waals surface area contributed by atoms with Gasteiger partial charge in [-0.25, -0.2) is 4.79 Å². The van der Waals surface area contributed by atoms with E-state index in [0.717, 1.165) is 28.2 Å². The number of nitrogens with one attached hydrogen (secondary N) is 1. The molecule has 0 atom stereocenters. The molecular weight excluding hydrogens is 446 g/mol. The van der Waals surface area contributed by atoms with E-state index in [9.17, 15) is 9.59 Å². The van der Waals surface area contributed by atoms with E-state index in [0.29, 0.717) is 17.9 Å². The van der Waals surface area contributed by atoms with Crippen LogP contribution in [0.3, 0.4) is 0 Å². The summed E-state index contributed by atoms with van der Waals surface area (Å²) in [6, 6.07) is 24.9. The average molecular weight is 480 g/mol. The van der Waals surface area contributed by atoms with E-state index >= 15 is 0 Å². The maximum Gasteiger partial charge on any atom is 0.338 e. The van der Waals surface area contributed by atoms with E-state index < -0.39 is 0 Å². The predicted octanol–water partition coefficient (Wildman–Crippen LogP) is 5.92. The van der Waals surface area contributed by atoms with Gasteiger partial charge in [-0.1, -0.05) is 74.9 Å². The van der Waals surface area contributed by atoms with Crippen LogP contribution in [0.15, 0.2) is 83.8 Å². The Balaban J connectivity index is 0.00000129. The summed E-state index contributed by atoms with van der Waals surface area (Å²) in [5.41, 5.74) is 2.79. The number of esters is 1. The Bertz CT molecular complexity index is 1010. The van der Waals surface area contributed by atoms with Crippen LogP contribution in [-0.4, -0.2) is 31.3 Å². The van der Waals surface area contributed by atoms with Gasteiger partial charge in [-0.05, 0) is 41.8 Å². The molecule has 3 rings (SSSR count). The van der Waals surface area contributed by atoms with Crippen LogP contribution in [0.5, 0.6) is 5.75 Å². The largest absolute Gasteiger partial charge is 0.484 e. The average Bonchev–Trinajstić information content (AvgIpc) is 2.88. The van der Waals surface area contributed by atoms with Gasteiger partial charge in [0.2, 0.25) is 0 Å². The highest BCUT2D eigenvalue weighted by Crippen LogP contribution is 2.24. The zero-order valence-electron chi connectivity index (χ0n) is 20.1. The summed E-state index contributed by atoms with van der Waals surface area (Å²) in [4.78, 5) is 24.7. The van der Waals surface area contributed by atoms with Crippen molar-refractivity contribution in [2.45, 2.75) is 38.1 Å². The molecule has 3 aromatic carbocycles. The first kappa shape index (κ1) is 27.0. The van der Waals surface area contributed by atoms with Crippen LogP contribution in [0.2, 0.25) is 0 Å². The van der Waals surface area contributed by atoms with Gasteiger partial charge in [0.05, 0.1) is 12.7 Å². The first-order valence-corrected chi connectivity index (χ1v) is 12.4. The van der Waals surface area contributed by atoms with E-state index in [1.54, 1.807) is 17.8 Å². The summed E-state index contributed by atoms with van der Waals surface area (Å²) in [5.74, 6) is 1.00. The lowest BCUT2D eigenvalue weighted by molar-refractivity contribution is -0.123. The molecule has 0 radical (unpaired) electrons. The third kappa shape index (κ3) is 9.71. The predicted molar refractivity (Wildman–Crippen MR) is 138 cm³/mol. The number of carbonyl (C=O) groups excluding carboxylic acids is 2. The summed E-state index contributed by atoms with van der Waals surface area (Å²) in [6.45, 7) is 4.71. The number of rotatable bonds is 10. The molecule has 0 aliphatic rings. The number of methoxy groups -OCH3 is 1. The summed E-state index contributed by atoms with van der Waals surface area (Å²) in [6.07, 6.45) is 2.10. The Hall–Kier alpha value is -3.25.